The third kappa shape index (κ3) is 22.5. The van der Waals surface area contributed by atoms with Gasteiger partial charge >= 0.3 is 0 Å². The fourth-order valence-corrected chi connectivity index (χ4v) is 0.283. The van der Waals surface area contributed by atoms with Crippen LogP contribution >= 0.6 is 0 Å². The molecule has 0 aromatic heterocycles. The zero-order chi connectivity index (χ0) is 11.7. The Morgan fingerprint density at radius 1 is 1.29 bits per heavy atom. The van der Waals surface area contributed by atoms with Gasteiger partial charge in [0.1, 0.15) is 6.42 Å². The Morgan fingerprint density at radius 3 is 1.43 bits per heavy atom. The lowest BCUT2D eigenvalue weighted by Crippen LogP contribution is -2.43. The van der Waals surface area contributed by atoms with E-state index in [4.69, 9.17) is 9.90 Å². The van der Waals surface area contributed by atoms with E-state index in [1.54, 1.807) is 0 Å². The summed E-state index contributed by atoms with van der Waals surface area (Å²) in [6, 6.07) is 0. The van der Waals surface area contributed by atoms with Crippen molar-refractivity contribution in [2.75, 3.05) is 0 Å². The number of amides is 3. The maximum Gasteiger partial charge on any atom is 0.300 e. The van der Waals surface area contributed by atoms with Crippen LogP contribution in [-0.2, 0) is 19.2 Å². The van der Waals surface area contributed by atoms with Crippen LogP contribution in [0.25, 0.3) is 0 Å². The third-order valence-electron chi connectivity index (χ3n) is 0.600. The molecule has 1 rings (SSSR count). The number of hydrogen-bond acceptors (Lipinski definition) is 4. The number of carboxylic acid groups (broad SMARTS) is 1. The fraction of sp³-hybridized carbons (Fsp3) is 0.429. The summed E-state index contributed by atoms with van der Waals surface area (Å²) in [6.45, 7) is 2.39. The van der Waals surface area contributed by atoms with E-state index >= 15 is 0 Å². The van der Waals surface area contributed by atoms with Crippen LogP contribution in [0.15, 0.2) is 0 Å². The predicted molar refractivity (Wildman–Crippen MR) is 45.9 cm³/mol. The molecule has 80 valence electrons. The number of carbonyl (C=O) groups is 4. The average Bonchev–Trinajstić information content (AvgIpc) is 1.81. The number of nitrogens with one attached hydrogen (secondary N) is 1. The SMILES string of the molecule is CC(=O)O.CC(N)=O.O=C1CC(=O)N1. The number of aliphatic carboxylic acids is 1. The molecule has 0 spiro atoms. The molecule has 0 aromatic rings. The zero-order valence-electron chi connectivity index (χ0n) is 7.86. The van der Waals surface area contributed by atoms with Crippen LogP contribution in [0.2, 0.25) is 0 Å². The average molecular weight is 204 g/mol. The van der Waals surface area contributed by atoms with Crippen LogP contribution in [0.4, 0.5) is 0 Å². The molecule has 1 fully saturated rings. The lowest BCUT2D eigenvalue weighted by atomic mass is 10.3. The summed E-state index contributed by atoms with van der Waals surface area (Å²) in [5.41, 5.74) is 4.47. The first-order valence-corrected chi connectivity index (χ1v) is 3.54. The van der Waals surface area contributed by atoms with E-state index in [9.17, 15) is 14.4 Å². The molecule has 0 atom stereocenters. The largest absolute Gasteiger partial charge is 0.481 e. The van der Waals surface area contributed by atoms with Gasteiger partial charge in [-0.15, -0.1) is 0 Å². The van der Waals surface area contributed by atoms with Crippen molar-refractivity contribution in [2.24, 2.45) is 5.73 Å². The minimum Gasteiger partial charge on any atom is -0.481 e. The Hall–Kier alpha value is -1.92. The third-order valence-corrected chi connectivity index (χ3v) is 0.600. The van der Waals surface area contributed by atoms with Crippen LogP contribution in [-0.4, -0.2) is 28.8 Å². The fourth-order valence-electron chi connectivity index (χ4n) is 0.283. The molecule has 4 N–H and O–H groups in total. The Labute approximate surface area is 80.3 Å². The number of β-lactam (4-membered cyclic amide) rings is 2. The topological polar surface area (TPSA) is 127 Å². The van der Waals surface area contributed by atoms with E-state index in [1.165, 1.54) is 6.92 Å². The maximum atomic E-state index is 9.78. The second-order valence-electron chi connectivity index (χ2n) is 2.28. The smallest absolute Gasteiger partial charge is 0.300 e. The van der Waals surface area contributed by atoms with E-state index in [1.807, 2.05) is 5.32 Å². The number of imide groups is 1. The van der Waals surface area contributed by atoms with Gasteiger partial charge < -0.3 is 10.8 Å². The highest BCUT2D eigenvalue weighted by Gasteiger charge is 2.20. The molecule has 0 unspecified atom stereocenters. The summed E-state index contributed by atoms with van der Waals surface area (Å²) in [4.78, 5) is 37.8. The molecule has 0 bridgehead atoms. The highest BCUT2D eigenvalue weighted by Crippen LogP contribution is 1.89. The first-order valence-electron chi connectivity index (χ1n) is 3.54. The highest BCUT2D eigenvalue weighted by molar-refractivity contribution is 6.14. The van der Waals surface area contributed by atoms with Gasteiger partial charge in [0.2, 0.25) is 17.7 Å². The van der Waals surface area contributed by atoms with Crippen molar-refractivity contribution in [3.05, 3.63) is 0 Å². The monoisotopic (exact) mass is 204 g/mol. The number of nitrogens with two attached hydrogens (primary N) is 1. The molecular weight excluding hydrogens is 192 g/mol. The molecule has 1 saturated heterocycles. The van der Waals surface area contributed by atoms with Gasteiger partial charge in [0.05, 0.1) is 0 Å². The molecule has 3 amide bonds. The van der Waals surface area contributed by atoms with Crippen LogP contribution < -0.4 is 11.1 Å². The molecule has 0 saturated carbocycles. The van der Waals surface area contributed by atoms with Crippen LogP contribution in [0, 0.1) is 0 Å². The second-order valence-corrected chi connectivity index (χ2v) is 2.28. The van der Waals surface area contributed by atoms with Gasteiger partial charge in [0, 0.05) is 13.8 Å². The van der Waals surface area contributed by atoms with Crippen LogP contribution in [0.1, 0.15) is 20.3 Å². The molecular formula is C7H12N2O5. The summed E-state index contributed by atoms with van der Waals surface area (Å²) in [7, 11) is 0. The molecule has 1 aliphatic heterocycles. The summed E-state index contributed by atoms with van der Waals surface area (Å²) >= 11 is 0. The normalized spacial score (nSPS) is 11.9. The van der Waals surface area contributed by atoms with Gasteiger partial charge in [-0.05, 0) is 0 Å². The molecule has 7 nitrogen and oxygen atoms in total. The number of rotatable bonds is 0. The maximum absolute atomic E-state index is 9.78. The van der Waals surface area contributed by atoms with Gasteiger partial charge in [-0.1, -0.05) is 0 Å². The predicted octanol–water partition coefficient (Wildman–Crippen LogP) is -1.38. The molecule has 0 radical (unpaired) electrons. The second kappa shape index (κ2) is 7.71. The molecule has 14 heavy (non-hydrogen) atoms. The van der Waals surface area contributed by atoms with Crippen molar-refractivity contribution in [2.45, 2.75) is 20.3 Å². The van der Waals surface area contributed by atoms with Gasteiger partial charge in [-0.2, -0.15) is 0 Å². The Bertz CT molecular complexity index is 206. The summed E-state index contributed by atoms with van der Waals surface area (Å²) in [5.74, 6) is -1.50. The summed E-state index contributed by atoms with van der Waals surface area (Å²) in [6.07, 6.45) is 0.0833. The Morgan fingerprint density at radius 2 is 1.43 bits per heavy atom. The molecule has 1 aliphatic rings. The van der Waals surface area contributed by atoms with Crippen molar-refractivity contribution in [1.82, 2.24) is 5.32 Å². The van der Waals surface area contributed by atoms with Crippen molar-refractivity contribution in [1.29, 1.82) is 0 Å². The standard InChI is InChI=1S/C3H3NO2.C2H5NO.C2H4O2/c5-2-1-3(6)4-2;2*1-2(3)4/h1H2,(H,4,5,6);1H3,(H2,3,4);1H3,(H,3,4). The van der Waals surface area contributed by atoms with Gasteiger partial charge in [-0.25, -0.2) is 0 Å². The molecule has 7 heteroatoms. The Kier molecular flexibility index (Phi) is 8.04. The number of carboxylic acids is 1. The van der Waals surface area contributed by atoms with Crippen molar-refractivity contribution >= 4 is 23.7 Å². The van der Waals surface area contributed by atoms with Gasteiger partial charge in [-0.3, -0.25) is 24.5 Å². The quantitative estimate of drug-likeness (QED) is 0.331. The van der Waals surface area contributed by atoms with Crippen molar-refractivity contribution in [3.63, 3.8) is 0 Å². The van der Waals surface area contributed by atoms with Crippen LogP contribution in [0.5, 0.6) is 0 Å². The lowest BCUT2D eigenvalue weighted by Gasteiger charge is -2.08. The Balaban J connectivity index is 0. The van der Waals surface area contributed by atoms with E-state index in [0.29, 0.717) is 0 Å². The van der Waals surface area contributed by atoms with Gasteiger partial charge in [0.15, 0.2) is 0 Å². The number of carbonyl (C=O) groups excluding carboxylic acids is 3. The number of primary amides is 1. The van der Waals surface area contributed by atoms with E-state index in [2.05, 4.69) is 5.73 Å². The highest BCUT2D eigenvalue weighted by atomic mass is 16.4. The minimum atomic E-state index is -0.833. The lowest BCUT2D eigenvalue weighted by molar-refractivity contribution is -0.141. The van der Waals surface area contributed by atoms with E-state index < -0.39 is 5.97 Å². The zero-order valence-corrected chi connectivity index (χ0v) is 7.86. The van der Waals surface area contributed by atoms with Crippen molar-refractivity contribution in [3.8, 4) is 0 Å². The van der Waals surface area contributed by atoms with E-state index in [-0.39, 0.29) is 24.1 Å². The molecule has 1 heterocycles. The van der Waals surface area contributed by atoms with Gasteiger partial charge in [0.25, 0.3) is 5.97 Å². The first-order chi connectivity index (χ1) is 6.25. The number of hydrogen-bond donors (Lipinski definition) is 3. The minimum absolute atomic E-state index is 0.0833. The molecule has 0 aliphatic carbocycles. The summed E-state index contributed by atoms with van der Waals surface area (Å²) < 4.78 is 0. The van der Waals surface area contributed by atoms with Crippen LogP contribution in [0.3, 0.4) is 0 Å². The summed E-state index contributed by atoms with van der Waals surface area (Å²) in [5, 5.41) is 9.44. The first kappa shape index (κ1) is 14.6. The van der Waals surface area contributed by atoms with Crippen molar-refractivity contribution < 1.29 is 24.3 Å². The van der Waals surface area contributed by atoms with E-state index in [0.717, 1.165) is 6.92 Å². The molecule has 0 aromatic carbocycles.